The summed E-state index contributed by atoms with van der Waals surface area (Å²) in [5.74, 6) is 1.12. The fraction of sp³-hybridized carbons (Fsp3) is 0.333. The lowest BCUT2D eigenvalue weighted by atomic mass is 9.84. The first-order valence-corrected chi connectivity index (χ1v) is 6.72. The standard InChI is InChI=1S/C18H22/c1-13(2)12-18(14(3)4)17-11-7-9-15-8-5-6-10-16(15)17/h5-12,14,18H,1-4H3. The minimum atomic E-state index is 0.501. The second-order valence-electron chi connectivity index (χ2n) is 5.58. The quantitative estimate of drug-likeness (QED) is 0.615. The van der Waals surface area contributed by atoms with Crippen LogP contribution in [0.3, 0.4) is 0 Å². The van der Waals surface area contributed by atoms with Gasteiger partial charge in [0.1, 0.15) is 0 Å². The minimum Gasteiger partial charge on any atom is -0.0798 e. The molecule has 0 spiro atoms. The molecule has 2 aromatic carbocycles. The molecule has 0 aliphatic carbocycles. The predicted octanol–water partition coefficient (Wildman–Crippen LogP) is 5.55. The van der Waals surface area contributed by atoms with Crippen LogP contribution in [-0.4, -0.2) is 0 Å². The summed E-state index contributed by atoms with van der Waals surface area (Å²) in [7, 11) is 0. The molecule has 0 saturated carbocycles. The molecule has 0 N–H and O–H groups in total. The highest BCUT2D eigenvalue weighted by Crippen LogP contribution is 2.32. The van der Waals surface area contributed by atoms with E-state index in [0.29, 0.717) is 11.8 Å². The van der Waals surface area contributed by atoms with Crippen molar-refractivity contribution in [2.45, 2.75) is 33.6 Å². The van der Waals surface area contributed by atoms with E-state index in [0.717, 1.165) is 0 Å². The van der Waals surface area contributed by atoms with Crippen LogP contribution in [0.4, 0.5) is 0 Å². The Labute approximate surface area is 110 Å². The van der Waals surface area contributed by atoms with E-state index in [4.69, 9.17) is 0 Å². The van der Waals surface area contributed by atoms with Crippen molar-refractivity contribution in [3.8, 4) is 0 Å². The summed E-state index contributed by atoms with van der Waals surface area (Å²) in [6, 6.07) is 15.3. The summed E-state index contributed by atoms with van der Waals surface area (Å²) < 4.78 is 0. The van der Waals surface area contributed by atoms with Crippen LogP contribution in [-0.2, 0) is 0 Å². The number of benzene rings is 2. The Bertz CT molecular complexity index is 552. The van der Waals surface area contributed by atoms with Crippen LogP contribution in [0, 0.1) is 5.92 Å². The first-order chi connectivity index (χ1) is 8.59. The van der Waals surface area contributed by atoms with Gasteiger partial charge in [0.15, 0.2) is 0 Å². The Balaban J connectivity index is 2.61. The maximum atomic E-state index is 2.40. The molecule has 0 aliphatic rings. The predicted molar refractivity (Wildman–Crippen MR) is 81.0 cm³/mol. The van der Waals surface area contributed by atoms with Crippen LogP contribution >= 0.6 is 0 Å². The molecular formula is C18H22. The van der Waals surface area contributed by atoms with Gasteiger partial charge in [-0.25, -0.2) is 0 Å². The van der Waals surface area contributed by atoms with Gasteiger partial charge in [-0.1, -0.05) is 68.0 Å². The number of hydrogen-bond acceptors (Lipinski definition) is 0. The lowest BCUT2D eigenvalue weighted by Gasteiger charge is -2.20. The molecule has 0 bridgehead atoms. The highest BCUT2D eigenvalue weighted by Gasteiger charge is 2.15. The van der Waals surface area contributed by atoms with Crippen LogP contribution in [0.2, 0.25) is 0 Å². The molecule has 94 valence electrons. The number of fused-ring (bicyclic) bond motifs is 1. The van der Waals surface area contributed by atoms with E-state index in [1.807, 2.05) is 0 Å². The lowest BCUT2D eigenvalue weighted by molar-refractivity contribution is 0.578. The first-order valence-electron chi connectivity index (χ1n) is 6.72. The molecular weight excluding hydrogens is 216 g/mol. The van der Waals surface area contributed by atoms with E-state index in [1.54, 1.807) is 0 Å². The Morgan fingerprint density at radius 3 is 2.28 bits per heavy atom. The average molecular weight is 238 g/mol. The van der Waals surface area contributed by atoms with E-state index >= 15 is 0 Å². The summed E-state index contributed by atoms with van der Waals surface area (Å²) in [6.45, 7) is 8.96. The molecule has 1 unspecified atom stereocenters. The van der Waals surface area contributed by atoms with Gasteiger partial charge in [0.05, 0.1) is 0 Å². The first kappa shape index (κ1) is 12.9. The highest BCUT2D eigenvalue weighted by atomic mass is 14.2. The van der Waals surface area contributed by atoms with Crippen molar-refractivity contribution in [2.24, 2.45) is 5.92 Å². The van der Waals surface area contributed by atoms with Crippen molar-refractivity contribution < 1.29 is 0 Å². The maximum absolute atomic E-state index is 2.40. The van der Waals surface area contributed by atoms with Gasteiger partial charge in [0.25, 0.3) is 0 Å². The minimum absolute atomic E-state index is 0.501. The van der Waals surface area contributed by atoms with Crippen LogP contribution in [0.1, 0.15) is 39.2 Å². The highest BCUT2D eigenvalue weighted by molar-refractivity contribution is 5.86. The molecule has 0 radical (unpaired) electrons. The summed E-state index contributed by atoms with van der Waals surface area (Å²) >= 11 is 0. The molecule has 2 aromatic rings. The van der Waals surface area contributed by atoms with E-state index in [1.165, 1.54) is 21.9 Å². The third-order valence-corrected chi connectivity index (χ3v) is 3.41. The largest absolute Gasteiger partial charge is 0.0798 e. The van der Waals surface area contributed by atoms with Gasteiger partial charge in [0.2, 0.25) is 0 Å². The fourth-order valence-electron chi connectivity index (χ4n) is 2.54. The topological polar surface area (TPSA) is 0 Å². The number of hydrogen-bond donors (Lipinski definition) is 0. The second-order valence-corrected chi connectivity index (χ2v) is 5.58. The Hall–Kier alpha value is -1.56. The lowest BCUT2D eigenvalue weighted by Crippen LogP contribution is -2.05. The monoisotopic (exact) mass is 238 g/mol. The maximum Gasteiger partial charge on any atom is 0.00496 e. The molecule has 2 rings (SSSR count). The molecule has 0 nitrogen and oxygen atoms in total. The summed E-state index contributed by atoms with van der Waals surface area (Å²) in [5, 5.41) is 2.72. The van der Waals surface area contributed by atoms with Crippen LogP contribution in [0.15, 0.2) is 54.1 Å². The second kappa shape index (κ2) is 5.39. The third kappa shape index (κ3) is 2.64. The van der Waals surface area contributed by atoms with Gasteiger partial charge < -0.3 is 0 Å². The van der Waals surface area contributed by atoms with Crippen molar-refractivity contribution in [3.05, 3.63) is 59.7 Å². The number of allylic oxidation sites excluding steroid dienone is 2. The van der Waals surface area contributed by atoms with Gasteiger partial charge in [0, 0.05) is 5.92 Å². The molecule has 1 atom stereocenters. The Morgan fingerprint density at radius 1 is 0.944 bits per heavy atom. The number of rotatable bonds is 3. The zero-order valence-corrected chi connectivity index (χ0v) is 11.8. The van der Waals surface area contributed by atoms with Gasteiger partial charge in [-0.3, -0.25) is 0 Å². The van der Waals surface area contributed by atoms with Crippen molar-refractivity contribution in [3.63, 3.8) is 0 Å². The van der Waals surface area contributed by atoms with E-state index in [2.05, 4.69) is 76.2 Å². The molecule has 0 heterocycles. The van der Waals surface area contributed by atoms with Gasteiger partial charge in [-0.2, -0.15) is 0 Å². The zero-order chi connectivity index (χ0) is 13.1. The van der Waals surface area contributed by atoms with E-state index in [9.17, 15) is 0 Å². The molecule has 0 fully saturated rings. The zero-order valence-electron chi connectivity index (χ0n) is 11.8. The fourth-order valence-corrected chi connectivity index (χ4v) is 2.54. The SMILES string of the molecule is CC(C)=CC(c1cccc2ccccc12)C(C)C. The third-order valence-electron chi connectivity index (χ3n) is 3.41. The van der Waals surface area contributed by atoms with Crippen LogP contribution < -0.4 is 0 Å². The normalized spacial score (nSPS) is 12.7. The van der Waals surface area contributed by atoms with Crippen molar-refractivity contribution in [1.29, 1.82) is 0 Å². The van der Waals surface area contributed by atoms with Crippen molar-refractivity contribution >= 4 is 10.8 Å². The molecule has 0 aliphatic heterocycles. The molecule has 0 amide bonds. The molecule has 0 heteroatoms. The molecule has 0 aromatic heterocycles. The molecule has 18 heavy (non-hydrogen) atoms. The van der Waals surface area contributed by atoms with Crippen molar-refractivity contribution in [1.82, 2.24) is 0 Å². The summed E-state index contributed by atoms with van der Waals surface area (Å²) in [5.41, 5.74) is 2.84. The van der Waals surface area contributed by atoms with Crippen molar-refractivity contribution in [2.75, 3.05) is 0 Å². The van der Waals surface area contributed by atoms with Gasteiger partial charge in [-0.15, -0.1) is 0 Å². The van der Waals surface area contributed by atoms with Gasteiger partial charge in [-0.05, 0) is 36.1 Å². The summed E-state index contributed by atoms with van der Waals surface area (Å²) in [4.78, 5) is 0. The molecule has 0 saturated heterocycles. The summed E-state index contributed by atoms with van der Waals surface area (Å²) in [6.07, 6.45) is 2.40. The van der Waals surface area contributed by atoms with Crippen LogP contribution in [0.5, 0.6) is 0 Å². The Kier molecular flexibility index (Phi) is 3.86. The van der Waals surface area contributed by atoms with Crippen LogP contribution in [0.25, 0.3) is 10.8 Å². The smallest absolute Gasteiger partial charge is 0.00496 e. The van der Waals surface area contributed by atoms with E-state index in [-0.39, 0.29) is 0 Å². The van der Waals surface area contributed by atoms with Gasteiger partial charge >= 0.3 is 0 Å². The van der Waals surface area contributed by atoms with E-state index < -0.39 is 0 Å². The Morgan fingerprint density at radius 2 is 1.61 bits per heavy atom. The average Bonchev–Trinajstić information content (AvgIpc) is 2.35.